The van der Waals surface area contributed by atoms with Gasteiger partial charge in [-0.1, -0.05) is 18.2 Å². The second-order valence-corrected chi connectivity index (χ2v) is 6.91. The molecule has 0 N–H and O–H groups in total. The maximum atomic E-state index is 12.6. The third-order valence-corrected chi connectivity index (χ3v) is 5.38. The maximum absolute atomic E-state index is 12.6. The predicted octanol–water partition coefficient (Wildman–Crippen LogP) is 2.58. The summed E-state index contributed by atoms with van der Waals surface area (Å²) < 4.78 is 3.03. The van der Waals surface area contributed by atoms with Gasteiger partial charge in [0.15, 0.2) is 10.7 Å². The summed E-state index contributed by atoms with van der Waals surface area (Å²) in [7, 11) is 0. The Kier molecular flexibility index (Phi) is 2.90. The molecule has 7 heteroatoms. The van der Waals surface area contributed by atoms with Crippen LogP contribution in [0.5, 0.6) is 0 Å². The van der Waals surface area contributed by atoms with Crippen LogP contribution in [0.1, 0.15) is 21.5 Å². The van der Waals surface area contributed by atoms with E-state index in [-0.39, 0.29) is 11.8 Å². The fourth-order valence-corrected chi connectivity index (χ4v) is 3.98. The summed E-state index contributed by atoms with van der Waals surface area (Å²) >= 11 is 1.45. The molecular formula is C17H13N5OS. The summed E-state index contributed by atoms with van der Waals surface area (Å²) in [5, 5.41) is 9.01. The van der Waals surface area contributed by atoms with Crippen molar-refractivity contribution in [3.63, 3.8) is 0 Å². The molecule has 5 rings (SSSR count). The molecule has 0 atom stereocenters. The first-order valence-electron chi connectivity index (χ1n) is 7.74. The molecule has 4 heterocycles. The first-order valence-corrected chi connectivity index (χ1v) is 8.56. The van der Waals surface area contributed by atoms with Crippen molar-refractivity contribution in [1.29, 1.82) is 0 Å². The van der Waals surface area contributed by atoms with E-state index < -0.39 is 0 Å². The number of pyridine rings is 1. The van der Waals surface area contributed by atoms with Crippen molar-refractivity contribution in [1.82, 2.24) is 24.5 Å². The van der Waals surface area contributed by atoms with Crippen molar-refractivity contribution in [3.05, 3.63) is 59.5 Å². The van der Waals surface area contributed by atoms with Gasteiger partial charge in [0.2, 0.25) is 0 Å². The first-order chi connectivity index (χ1) is 11.8. The normalized spacial score (nSPS) is 15.1. The minimum absolute atomic E-state index is 0.00118. The zero-order chi connectivity index (χ0) is 16.1. The van der Waals surface area contributed by atoms with Gasteiger partial charge in [-0.15, -0.1) is 21.5 Å². The van der Waals surface area contributed by atoms with Gasteiger partial charge in [-0.3, -0.25) is 9.20 Å². The lowest BCUT2D eigenvalue weighted by Crippen LogP contribution is -2.49. The number of hydrogen-bond donors (Lipinski definition) is 0. The van der Waals surface area contributed by atoms with Gasteiger partial charge in [-0.2, -0.15) is 0 Å². The van der Waals surface area contributed by atoms with E-state index in [1.165, 1.54) is 11.3 Å². The molecule has 3 aromatic heterocycles. The molecule has 24 heavy (non-hydrogen) atoms. The number of fused-ring (bicyclic) bond motifs is 2. The number of amides is 1. The van der Waals surface area contributed by atoms with E-state index in [9.17, 15) is 4.79 Å². The molecule has 0 saturated carbocycles. The number of rotatable bonds is 2. The second kappa shape index (κ2) is 5.10. The van der Waals surface area contributed by atoms with Gasteiger partial charge in [0.05, 0.1) is 16.1 Å². The fraction of sp³-hybridized carbons (Fsp3) is 0.176. The molecule has 1 aliphatic rings. The predicted molar refractivity (Wildman–Crippen MR) is 91.3 cm³/mol. The number of thiazole rings is 1. The highest BCUT2D eigenvalue weighted by Crippen LogP contribution is 2.29. The quantitative estimate of drug-likeness (QED) is 0.565. The third-order valence-electron chi connectivity index (χ3n) is 4.35. The van der Waals surface area contributed by atoms with Crippen molar-refractivity contribution < 1.29 is 4.79 Å². The molecule has 0 bridgehead atoms. The Morgan fingerprint density at radius 3 is 2.79 bits per heavy atom. The van der Waals surface area contributed by atoms with Gasteiger partial charge in [0.25, 0.3) is 5.91 Å². The summed E-state index contributed by atoms with van der Waals surface area (Å²) in [4.78, 5) is 18.9. The molecule has 0 spiro atoms. The Labute approximate surface area is 141 Å². The SMILES string of the molecule is O=C(c1nc2ccccc2s1)N1CC(c2nnc3ccccn23)C1. The van der Waals surface area contributed by atoms with Crippen LogP contribution in [0.25, 0.3) is 15.9 Å². The van der Waals surface area contributed by atoms with E-state index in [2.05, 4.69) is 15.2 Å². The number of carbonyl (C=O) groups is 1. The van der Waals surface area contributed by atoms with Crippen LogP contribution in [-0.2, 0) is 0 Å². The van der Waals surface area contributed by atoms with Crippen LogP contribution in [0, 0.1) is 0 Å². The van der Waals surface area contributed by atoms with Crippen LogP contribution in [-0.4, -0.2) is 43.5 Å². The fourth-order valence-electron chi connectivity index (χ4n) is 3.04. The summed E-state index contributed by atoms with van der Waals surface area (Å²) in [5.74, 6) is 1.14. The van der Waals surface area contributed by atoms with E-state index >= 15 is 0 Å². The molecule has 6 nitrogen and oxygen atoms in total. The second-order valence-electron chi connectivity index (χ2n) is 5.88. The highest BCUT2D eigenvalue weighted by Gasteiger charge is 2.36. The van der Waals surface area contributed by atoms with Crippen LogP contribution >= 0.6 is 11.3 Å². The van der Waals surface area contributed by atoms with Gasteiger partial charge in [-0.05, 0) is 24.3 Å². The van der Waals surface area contributed by atoms with Crippen molar-refractivity contribution in [2.75, 3.05) is 13.1 Å². The van der Waals surface area contributed by atoms with Gasteiger partial charge < -0.3 is 4.90 Å². The van der Waals surface area contributed by atoms with Crippen molar-refractivity contribution in [3.8, 4) is 0 Å². The number of benzene rings is 1. The van der Waals surface area contributed by atoms with Crippen LogP contribution in [0.15, 0.2) is 48.7 Å². The van der Waals surface area contributed by atoms with Crippen LogP contribution in [0.4, 0.5) is 0 Å². The average Bonchev–Trinajstić information content (AvgIpc) is 3.18. The Bertz CT molecular complexity index is 1030. The molecule has 118 valence electrons. The monoisotopic (exact) mass is 335 g/mol. The minimum Gasteiger partial charge on any atom is -0.335 e. The summed E-state index contributed by atoms with van der Waals surface area (Å²) in [6, 6.07) is 13.7. The summed E-state index contributed by atoms with van der Waals surface area (Å²) in [5.41, 5.74) is 1.72. The molecule has 1 fully saturated rings. The van der Waals surface area contributed by atoms with Crippen molar-refractivity contribution in [2.24, 2.45) is 0 Å². The average molecular weight is 335 g/mol. The Hall–Kier alpha value is -2.80. The molecule has 1 amide bonds. The van der Waals surface area contributed by atoms with Crippen LogP contribution in [0.3, 0.4) is 0 Å². The zero-order valence-electron chi connectivity index (χ0n) is 12.7. The van der Waals surface area contributed by atoms with E-state index in [4.69, 9.17) is 0 Å². The summed E-state index contributed by atoms with van der Waals surface area (Å²) in [6.45, 7) is 1.31. The van der Waals surface area contributed by atoms with Gasteiger partial charge in [0, 0.05) is 19.3 Å². The Balaban J connectivity index is 1.36. The molecule has 0 aliphatic carbocycles. The number of likely N-dealkylation sites (tertiary alicyclic amines) is 1. The number of hydrogen-bond acceptors (Lipinski definition) is 5. The smallest absolute Gasteiger partial charge is 0.282 e. The lowest BCUT2D eigenvalue weighted by Gasteiger charge is -2.37. The number of nitrogens with zero attached hydrogens (tertiary/aromatic N) is 5. The number of aromatic nitrogens is 4. The van der Waals surface area contributed by atoms with Crippen molar-refractivity contribution >= 4 is 33.1 Å². The van der Waals surface area contributed by atoms with E-state index in [0.29, 0.717) is 18.1 Å². The van der Waals surface area contributed by atoms with E-state index in [1.807, 2.05) is 58.0 Å². The standard InChI is InChI=1S/C17H13N5OS/c23-17(16-18-12-5-1-2-6-13(12)24-16)21-9-11(10-21)15-20-19-14-7-3-4-8-22(14)15/h1-8,11H,9-10H2. The molecular weight excluding hydrogens is 322 g/mol. The molecule has 0 radical (unpaired) electrons. The topological polar surface area (TPSA) is 63.4 Å². The highest BCUT2D eigenvalue weighted by atomic mass is 32.1. The van der Waals surface area contributed by atoms with E-state index in [1.54, 1.807) is 0 Å². The third kappa shape index (κ3) is 2.01. The molecule has 1 aromatic carbocycles. The highest BCUT2D eigenvalue weighted by molar-refractivity contribution is 7.20. The molecule has 4 aromatic rings. The van der Waals surface area contributed by atoms with Gasteiger partial charge in [0.1, 0.15) is 5.82 Å². The lowest BCUT2D eigenvalue weighted by atomic mass is 9.99. The Morgan fingerprint density at radius 1 is 1.08 bits per heavy atom. The van der Waals surface area contributed by atoms with E-state index in [0.717, 1.165) is 21.7 Å². The first kappa shape index (κ1) is 13.6. The summed E-state index contributed by atoms with van der Waals surface area (Å²) in [6.07, 6.45) is 1.96. The molecule has 0 unspecified atom stereocenters. The number of carbonyl (C=O) groups excluding carboxylic acids is 1. The molecule has 1 saturated heterocycles. The Morgan fingerprint density at radius 2 is 1.92 bits per heavy atom. The van der Waals surface area contributed by atoms with Gasteiger partial charge >= 0.3 is 0 Å². The molecule has 1 aliphatic heterocycles. The van der Waals surface area contributed by atoms with Crippen molar-refractivity contribution in [2.45, 2.75) is 5.92 Å². The van der Waals surface area contributed by atoms with Crippen LogP contribution in [0.2, 0.25) is 0 Å². The minimum atomic E-state index is 0.00118. The number of para-hydroxylation sites is 1. The maximum Gasteiger partial charge on any atom is 0.282 e. The van der Waals surface area contributed by atoms with Gasteiger partial charge in [-0.25, -0.2) is 4.98 Å². The largest absolute Gasteiger partial charge is 0.335 e. The zero-order valence-corrected chi connectivity index (χ0v) is 13.5. The lowest BCUT2D eigenvalue weighted by molar-refractivity contribution is 0.0593. The van der Waals surface area contributed by atoms with Crippen LogP contribution < -0.4 is 0 Å².